The predicted octanol–water partition coefficient (Wildman–Crippen LogP) is 11.0. The molecule has 0 aliphatic carbocycles. The van der Waals surface area contributed by atoms with Crippen molar-refractivity contribution < 1.29 is 38.2 Å². The van der Waals surface area contributed by atoms with Crippen molar-refractivity contribution >= 4 is 17.9 Å². The molecule has 2 unspecified atom stereocenters. The molecule has 0 aromatic heterocycles. The molecule has 0 heterocycles. The summed E-state index contributed by atoms with van der Waals surface area (Å²) in [5.41, 5.74) is 0. The summed E-state index contributed by atoms with van der Waals surface area (Å²) in [7, 11) is 5.38. The number of aliphatic carboxylic acids is 1. The quantitative estimate of drug-likeness (QED) is 0.0264. The Kier molecular flexibility index (Phi) is 37.3. The van der Waals surface area contributed by atoms with E-state index in [9.17, 15) is 19.5 Å². The number of rotatable bonds is 39. The number of esters is 2. The zero-order valence-electron chi connectivity index (χ0n) is 37.0. The molecule has 0 rings (SSSR count). The van der Waals surface area contributed by atoms with Crippen LogP contribution in [0.4, 0.5) is 0 Å². The minimum absolute atomic E-state index is 0.00863. The van der Waals surface area contributed by atoms with Crippen molar-refractivity contribution in [3.8, 4) is 0 Å². The van der Waals surface area contributed by atoms with Crippen LogP contribution in [0.5, 0.6) is 0 Å². The molecule has 8 heteroatoms. The second kappa shape index (κ2) is 39.6. The van der Waals surface area contributed by atoms with E-state index in [1.54, 1.807) is 21.1 Å². The van der Waals surface area contributed by atoms with Crippen molar-refractivity contribution in [1.82, 2.24) is 0 Å². The smallest absolute Gasteiger partial charge is 0.306 e. The number of hydrogen-bond acceptors (Lipinski definition) is 7. The van der Waals surface area contributed by atoms with Crippen LogP contribution in [0.15, 0.2) is 72.9 Å². The fourth-order valence-corrected chi connectivity index (χ4v) is 6.15. The van der Waals surface area contributed by atoms with Crippen molar-refractivity contribution in [3.05, 3.63) is 72.9 Å². The number of carbonyl (C=O) groups is 3. The maximum absolute atomic E-state index is 12.7. The van der Waals surface area contributed by atoms with Crippen LogP contribution in [0.1, 0.15) is 168 Å². The summed E-state index contributed by atoms with van der Waals surface area (Å²) in [4.78, 5) is 36.8. The van der Waals surface area contributed by atoms with Crippen LogP contribution in [0.3, 0.4) is 0 Å². The average molecular weight is 798 g/mol. The minimum atomic E-state index is -1.14. The summed E-state index contributed by atoms with van der Waals surface area (Å²) in [6, 6.07) is -0.740. The number of hydrogen-bond donors (Lipinski definition) is 0. The summed E-state index contributed by atoms with van der Waals surface area (Å²) in [6.07, 6.45) is 49.4. The number of quaternary nitrogens is 1. The SMILES string of the molecule is CC/C=C\C/C=C\C/C=C\C/C=C\C/C=C\C/C=C\CCC(=O)OC(COCCC(C(=O)[O-])[N+](C)(C)C)COC(=O)CCCCCCCCCCCCCCCC. The highest BCUT2D eigenvalue weighted by molar-refractivity contribution is 5.70. The van der Waals surface area contributed by atoms with Gasteiger partial charge < -0.3 is 28.6 Å². The second-order valence-corrected chi connectivity index (χ2v) is 15.9. The molecule has 0 aliphatic heterocycles. The van der Waals surface area contributed by atoms with Gasteiger partial charge in [0.25, 0.3) is 0 Å². The van der Waals surface area contributed by atoms with Crippen LogP contribution >= 0.6 is 0 Å². The van der Waals surface area contributed by atoms with Gasteiger partial charge >= 0.3 is 11.9 Å². The maximum atomic E-state index is 12.7. The monoisotopic (exact) mass is 798 g/mol. The van der Waals surface area contributed by atoms with Gasteiger partial charge in [-0.15, -0.1) is 0 Å². The summed E-state index contributed by atoms with van der Waals surface area (Å²) >= 11 is 0. The van der Waals surface area contributed by atoms with E-state index in [4.69, 9.17) is 14.2 Å². The highest BCUT2D eigenvalue weighted by atomic mass is 16.6. The third kappa shape index (κ3) is 38.1. The van der Waals surface area contributed by atoms with Gasteiger partial charge in [0.1, 0.15) is 12.6 Å². The molecular formula is C49H83NO7. The standard InChI is InChI=1S/C49H83NO7/c1-6-8-10-12-14-16-18-20-22-23-24-25-26-28-30-32-34-36-38-40-48(52)57-45(43-55-42-41-46(49(53)54)50(3,4)5)44-56-47(51)39-37-35-33-31-29-27-21-19-17-15-13-11-9-7-2/h8,10,14,16,20,22,24-25,28,30,34,36,45-46H,6-7,9,11-13,15,17-19,21,23,26-27,29,31-33,35,37-44H2,1-5H3/b10-8-,16-14-,22-20-,25-24-,30-28-,36-34-. The van der Waals surface area contributed by atoms with E-state index >= 15 is 0 Å². The van der Waals surface area contributed by atoms with Gasteiger partial charge in [0, 0.05) is 19.3 Å². The first-order valence-corrected chi connectivity index (χ1v) is 22.5. The lowest BCUT2D eigenvalue weighted by atomic mass is 10.0. The van der Waals surface area contributed by atoms with Gasteiger partial charge in [-0.3, -0.25) is 9.59 Å². The van der Waals surface area contributed by atoms with Crippen LogP contribution in [-0.4, -0.2) is 75.5 Å². The largest absolute Gasteiger partial charge is 0.544 e. The lowest BCUT2D eigenvalue weighted by molar-refractivity contribution is -0.889. The summed E-state index contributed by atoms with van der Waals surface area (Å²) in [5.74, 6) is -1.85. The highest BCUT2D eigenvalue weighted by Crippen LogP contribution is 2.14. The Labute approximate surface area is 349 Å². The van der Waals surface area contributed by atoms with Gasteiger partial charge in [0.15, 0.2) is 6.10 Å². The minimum Gasteiger partial charge on any atom is -0.544 e. The summed E-state index contributed by atoms with van der Waals surface area (Å²) < 4.78 is 17.1. The van der Waals surface area contributed by atoms with E-state index < -0.39 is 24.1 Å². The molecule has 0 aromatic carbocycles. The van der Waals surface area contributed by atoms with Crippen LogP contribution in [-0.2, 0) is 28.6 Å². The second-order valence-electron chi connectivity index (χ2n) is 15.9. The van der Waals surface area contributed by atoms with Gasteiger partial charge in [-0.2, -0.15) is 0 Å². The van der Waals surface area contributed by atoms with Crippen molar-refractivity contribution in [2.75, 3.05) is 41.0 Å². The lowest BCUT2D eigenvalue weighted by Gasteiger charge is -2.34. The Bertz CT molecular complexity index is 1160. The van der Waals surface area contributed by atoms with Crippen molar-refractivity contribution in [1.29, 1.82) is 0 Å². The molecule has 0 amide bonds. The molecule has 8 nitrogen and oxygen atoms in total. The van der Waals surface area contributed by atoms with E-state index in [1.165, 1.54) is 70.6 Å². The van der Waals surface area contributed by atoms with E-state index in [0.717, 1.165) is 57.8 Å². The fourth-order valence-electron chi connectivity index (χ4n) is 6.15. The molecule has 0 bridgehead atoms. The van der Waals surface area contributed by atoms with E-state index in [0.29, 0.717) is 12.8 Å². The average Bonchev–Trinajstić information content (AvgIpc) is 3.17. The molecule has 0 saturated heterocycles. The lowest BCUT2D eigenvalue weighted by Crippen LogP contribution is -2.55. The molecule has 0 radical (unpaired) electrons. The topological polar surface area (TPSA) is 102 Å². The van der Waals surface area contributed by atoms with Crippen molar-refractivity contribution in [2.45, 2.75) is 180 Å². The van der Waals surface area contributed by atoms with Crippen LogP contribution in [0.2, 0.25) is 0 Å². The molecule has 2 atom stereocenters. The Morgan fingerprint density at radius 1 is 0.544 bits per heavy atom. The molecule has 57 heavy (non-hydrogen) atoms. The van der Waals surface area contributed by atoms with Gasteiger partial charge in [0.05, 0.1) is 40.3 Å². The number of carboxylic acid groups (broad SMARTS) is 1. The Hall–Kier alpha value is -3.23. The van der Waals surface area contributed by atoms with Crippen LogP contribution < -0.4 is 5.11 Å². The molecule has 0 fully saturated rings. The van der Waals surface area contributed by atoms with Crippen LogP contribution in [0.25, 0.3) is 0 Å². The zero-order valence-corrected chi connectivity index (χ0v) is 37.0. The fraction of sp³-hybridized carbons (Fsp3) is 0.694. The normalized spacial score (nSPS) is 13.6. The third-order valence-electron chi connectivity index (χ3n) is 9.62. The molecule has 0 saturated carbocycles. The first kappa shape index (κ1) is 53.8. The first-order valence-electron chi connectivity index (χ1n) is 22.5. The van der Waals surface area contributed by atoms with Gasteiger partial charge in [-0.1, -0.05) is 170 Å². The van der Waals surface area contributed by atoms with Gasteiger partial charge in [-0.05, 0) is 51.4 Å². The maximum Gasteiger partial charge on any atom is 0.306 e. The molecule has 0 spiro atoms. The third-order valence-corrected chi connectivity index (χ3v) is 9.62. The van der Waals surface area contributed by atoms with E-state index in [-0.39, 0.29) is 43.1 Å². The summed E-state index contributed by atoms with van der Waals surface area (Å²) in [6.45, 7) is 4.46. The summed E-state index contributed by atoms with van der Waals surface area (Å²) in [5, 5.41) is 11.6. The van der Waals surface area contributed by atoms with Gasteiger partial charge in [-0.25, -0.2) is 0 Å². The Morgan fingerprint density at radius 3 is 1.42 bits per heavy atom. The highest BCUT2D eigenvalue weighted by Gasteiger charge is 2.25. The van der Waals surface area contributed by atoms with E-state index in [2.05, 4.69) is 74.6 Å². The Morgan fingerprint density at radius 2 is 0.982 bits per heavy atom. The number of carboxylic acids is 1. The number of likely N-dealkylation sites (N-methyl/N-ethyl adjacent to an activating group) is 1. The molecule has 0 aliphatic rings. The molecular weight excluding hydrogens is 715 g/mol. The Balaban J connectivity index is 4.47. The van der Waals surface area contributed by atoms with Gasteiger partial charge in [0.2, 0.25) is 0 Å². The number of ether oxygens (including phenoxy) is 3. The molecule has 326 valence electrons. The zero-order chi connectivity index (χ0) is 42.1. The van der Waals surface area contributed by atoms with E-state index in [1.807, 2.05) is 12.2 Å². The van der Waals surface area contributed by atoms with Crippen LogP contribution in [0, 0.1) is 0 Å². The first-order chi connectivity index (χ1) is 27.6. The molecule has 0 aromatic rings. The van der Waals surface area contributed by atoms with Crippen molar-refractivity contribution in [2.24, 2.45) is 0 Å². The van der Waals surface area contributed by atoms with Crippen molar-refractivity contribution in [3.63, 3.8) is 0 Å². The number of carbonyl (C=O) groups excluding carboxylic acids is 3. The predicted molar refractivity (Wildman–Crippen MR) is 235 cm³/mol. The molecule has 0 N–H and O–H groups in total. The number of nitrogens with zero attached hydrogens (tertiary/aromatic N) is 1. The number of unbranched alkanes of at least 4 members (excludes halogenated alkanes) is 13. The number of allylic oxidation sites excluding steroid dienone is 12.